The maximum Gasteiger partial charge on any atom is 0.305 e. The zero-order valence-electron chi connectivity index (χ0n) is 62.4. The molecular formula is C85H167NO5. The van der Waals surface area contributed by atoms with Crippen LogP contribution in [0.4, 0.5) is 0 Å². The number of aliphatic hydroxyl groups excluding tert-OH is 2. The Morgan fingerprint density at radius 3 is 0.747 bits per heavy atom. The van der Waals surface area contributed by atoms with E-state index in [1.807, 2.05) is 6.08 Å². The van der Waals surface area contributed by atoms with E-state index in [2.05, 4.69) is 19.2 Å². The van der Waals surface area contributed by atoms with Gasteiger partial charge in [0.15, 0.2) is 0 Å². The van der Waals surface area contributed by atoms with Crippen LogP contribution in [0.5, 0.6) is 0 Å². The van der Waals surface area contributed by atoms with Crippen molar-refractivity contribution in [2.24, 2.45) is 0 Å². The summed E-state index contributed by atoms with van der Waals surface area (Å²) in [6.07, 6.45) is 104. The Hall–Kier alpha value is -1.40. The second-order valence-corrected chi connectivity index (χ2v) is 29.5. The monoisotopic (exact) mass is 1280 g/mol. The zero-order valence-corrected chi connectivity index (χ0v) is 62.4. The molecule has 6 nitrogen and oxygen atoms in total. The van der Waals surface area contributed by atoms with Gasteiger partial charge in [-0.05, 0) is 32.1 Å². The zero-order chi connectivity index (χ0) is 65.6. The molecule has 0 aliphatic carbocycles. The second-order valence-electron chi connectivity index (χ2n) is 29.5. The molecule has 6 heteroatoms. The van der Waals surface area contributed by atoms with E-state index in [0.717, 1.165) is 38.5 Å². The van der Waals surface area contributed by atoms with Crippen molar-refractivity contribution in [1.82, 2.24) is 5.32 Å². The van der Waals surface area contributed by atoms with Gasteiger partial charge in [0, 0.05) is 12.8 Å². The van der Waals surface area contributed by atoms with Crippen LogP contribution in [0.15, 0.2) is 12.2 Å². The van der Waals surface area contributed by atoms with Crippen molar-refractivity contribution >= 4 is 11.9 Å². The molecule has 3 N–H and O–H groups in total. The number of hydrogen-bond donors (Lipinski definition) is 3. The van der Waals surface area contributed by atoms with Crippen molar-refractivity contribution < 1.29 is 24.5 Å². The fraction of sp³-hybridized carbons (Fsp3) is 0.953. The Labute approximate surface area is 571 Å². The first-order valence-corrected chi connectivity index (χ1v) is 42.5. The standard InChI is InChI=1S/C85H167NO5/c1-3-5-7-9-11-13-15-16-17-18-19-20-21-39-42-45-48-51-54-58-61-65-69-73-77-83(88)82(81-87)86-84(89)78-74-70-66-62-59-55-52-49-46-43-40-37-35-33-31-29-27-25-23-22-24-26-28-30-32-34-36-38-41-44-47-50-53-56-60-64-68-72-76-80-91-85(90)79-75-71-67-63-57-14-12-10-8-6-4-2/h73,77,82-83,87-88H,3-72,74-76,78-81H2,1-2H3,(H,86,89)/b77-73+. The molecule has 2 atom stereocenters. The molecule has 0 bridgehead atoms. The number of hydrogen-bond acceptors (Lipinski definition) is 5. The third-order valence-electron chi connectivity index (χ3n) is 20.3. The Morgan fingerprint density at radius 2 is 0.505 bits per heavy atom. The van der Waals surface area contributed by atoms with Crippen LogP contribution < -0.4 is 5.32 Å². The van der Waals surface area contributed by atoms with Crippen LogP contribution in [0.25, 0.3) is 0 Å². The fourth-order valence-corrected chi connectivity index (χ4v) is 13.9. The van der Waals surface area contributed by atoms with Gasteiger partial charge in [0.2, 0.25) is 5.91 Å². The summed E-state index contributed by atoms with van der Waals surface area (Å²) in [6, 6.07) is -0.624. The van der Waals surface area contributed by atoms with E-state index in [4.69, 9.17) is 4.74 Å². The first-order chi connectivity index (χ1) is 45.0. The summed E-state index contributed by atoms with van der Waals surface area (Å²) in [5, 5.41) is 23.3. The third kappa shape index (κ3) is 77.5. The molecule has 0 aromatic rings. The van der Waals surface area contributed by atoms with Gasteiger partial charge < -0.3 is 20.3 Å². The number of allylic oxidation sites excluding steroid dienone is 1. The average Bonchev–Trinajstić information content (AvgIpc) is 3.75. The van der Waals surface area contributed by atoms with E-state index in [9.17, 15) is 19.8 Å². The van der Waals surface area contributed by atoms with Gasteiger partial charge >= 0.3 is 5.97 Å². The number of carbonyl (C=O) groups is 2. The Kier molecular flexibility index (Phi) is 79.8. The van der Waals surface area contributed by atoms with E-state index < -0.39 is 12.1 Å². The molecule has 0 aromatic heterocycles. The maximum absolute atomic E-state index is 12.6. The van der Waals surface area contributed by atoms with E-state index in [-0.39, 0.29) is 18.5 Å². The van der Waals surface area contributed by atoms with Crippen LogP contribution in [-0.4, -0.2) is 47.4 Å². The summed E-state index contributed by atoms with van der Waals surface area (Å²) < 4.78 is 5.49. The topological polar surface area (TPSA) is 95.9 Å². The molecule has 0 aliphatic heterocycles. The normalized spacial score (nSPS) is 12.4. The molecule has 0 rings (SSSR count). The van der Waals surface area contributed by atoms with Crippen LogP contribution in [0.2, 0.25) is 0 Å². The molecule has 0 saturated carbocycles. The van der Waals surface area contributed by atoms with E-state index in [1.54, 1.807) is 6.08 Å². The summed E-state index contributed by atoms with van der Waals surface area (Å²) >= 11 is 0. The summed E-state index contributed by atoms with van der Waals surface area (Å²) in [4.78, 5) is 24.6. The summed E-state index contributed by atoms with van der Waals surface area (Å²) in [5.74, 6) is -0.0310. The predicted octanol–water partition coefficient (Wildman–Crippen LogP) is 28.2. The Bertz CT molecular complexity index is 1380. The molecule has 91 heavy (non-hydrogen) atoms. The number of carbonyl (C=O) groups excluding carboxylic acids is 2. The van der Waals surface area contributed by atoms with Crippen LogP contribution in [0.1, 0.15) is 495 Å². The molecule has 0 heterocycles. The minimum atomic E-state index is -0.841. The first kappa shape index (κ1) is 89.6. The molecule has 0 saturated heterocycles. The maximum atomic E-state index is 12.6. The molecule has 0 aromatic carbocycles. The Balaban J connectivity index is 3.32. The van der Waals surface area contributed by atoms with Gasteiger partial charge in [0.1, 0.15) is 0 Å². The highest BCUT2D eigenvalue weighted by Gasteiger charge is 2.18. The van der Waals surface area contributed by atoms with Gasteiger partial charge in [-0.25, -0.2) is 0 Å². The molecule has 0 spiro atoms. The van der Waals surface area contributed by atoms with Gasteiger partial charge in [-0.1, -0.05) is 463 Å². The van der Waals surface area contributed by atoms with Gasteiger partial charge in [0.25, 0.3) is 0 Å². The van der Waals surface area contributed by atoms with Crippen molar-refractivity contribution in [2.75, 3.05) is 13.2 Å². The van der Waals surface area contributed by atoms with Crippen molar-refractivity contribution in [1.29, 1.82) is 0 Å². The highest BCUT2D eigenvalue weighted by atomic mass is 16.5. The number of aliphatic hydroxyl groups is 2. The van der Waals surface area contributed by atoms with Gasteiger partial charge in [-0.15, -0.1) is 0 Å². The quantitative estimate of drug-likeness (QED) is 0.0320. The first-order valence-electron chi connectivity index (χ1n) is 42.5. The summed E-state index contributed by atoms with van der Waals surface area (Å²) in [6.45, 7) is 4.96. The fourth-order valence-electron chi connectivity index (χ4n) is 13.9. The predicted molar refractivity (Wildman–Crippen MR) is 403 cm³/mol. The van der Waals surface area contributed by atoms with Crippen molar-refractivity contribution in [3.8, 4) is 0 Å². The highest BCUT2D eigenvalue weighted by molar-refractivity contribution is 5.76. The van der Waals surface area contributed by atoms with Crippen molar-refractivity contribution in [2.45, 2.75) is 508 Å². The lowest BCUT2D eigenvalue weighted by atomic mass is 10.0. The number of esters is 1. The minimum Gasteiger partial charge on any atom is -0.466 e. The van der Waals surface area contributed by atoms with Gasteiger partial charge in [0.05, 0.1) is 25.4 Å². The van der Waals surface area contributed by atoms with E-state index in [0.29, 0.717) is 19.4 Å². The van der Waals surface area contributed by atoms with E-state index in [1.165, 1.54) is 430 Å². The Morgan fingerprint density at radius 1 is 0.297 bits per heavy atom. The molecule has 1 amide bonds. The molecule has 0 radical (unpaired) electrons. The minimum absolute atomic E-state index is 0.0247. The number of ether oxygens (including phenoxy) is 1. The molecular weight excluding hydrogens is 1110 g/mol. The number of amides is 1. The lowest BCUT2D eigenvalue weighted by Crippen LogP contribution is -2.45. The number of unbranched alkanes of at least 4 members (excludes halogenated alkanes) is 70. The SMILES string of the molecule is CCCCCCCCCCCCCCCCCCCCCCCC/C=C/C(O)C(CO)NC(=O)CCCCCCCCCCCCCCCCCCCCCCCCCCCCCCCCCCCCCCCCCOC(=O)CCCCCCCCCCCCC. The molecule has 0 fully saturated rings. The largest absolute Gasteiger partial charge is 0.466 e. The van der Waals surface area contributed by atoms with E-state index >= 15 is 0 Å². The number of nitrogens with one attached hydrogen (secondary N) is 1. The smallest absolute Gasteiger partial charge is 0.305 e. The van der Waals surface area contributed by atoms with Gasteiger partial charge in [-0.2, -0.15) is 0 Å². The van der Waals surface area contributed by atoms with Crippen LogP contribution in [0.3, 0.4) is 0 Å². The lowest BCUT2D eigenvalue weighted by molar-refractivity contribution is -0.143. The van der Waals surface area contributed by atoms with Gasteiger partial charge in [-0.3, -0.25) is 9.59 Å². The van der Waals surface area contributed by atoms with Crippen molar-refractivity contribution in [3.05, 3.63) is 12.2 Å². The average molecular weight is 1280 g/mol. The molecule has 2 unspecified atom stereocenters. The second kappa shape index (κ2) is 81.0. The number of rotatable bonds is 81. The molecule has 0 aliphatic rings. The van der Waals surface area contributed by atoms with Crippen LogP contribution >= 0.6 is 0 Å². The van der Waals surface area contributed by atoms with Crippen LogP contribution in [0, 0.1) is 0 Å². The lowest BCUT2D eigenvalue weighted by Gasteiger charge is -2.20. The van der Waals surface area contributed by atoms with Crippen molar-refractivity contribution in [3.63, 3.8) is 0 Å². The summed E-state index contributed by atoms with van der Waals surface area (Å²) in [5.41, 5.74) is 0. The highest BCUT2D eigenvalue weighted by Crippen LogP contribution is 2.21. The van der Waals surface area contributed by atoms with Crippen LogP contribution in [-0.2, 0) is 14.3 Å². The third-order valence-corrected chi connectivity index (χ3v) is 20.3. The summed E-state index contributed by atoms with van der Waals surface area (Å²) in [7, 11) is 0. The molecule has 542 valence electrons.